The molecular weight excluding hydrogens is 182 g/mol. The van der Waals surface area contributed by atoms with E-state index in [2.05, 4.69) is 5.16 Å². The fraction of sp³-hybridized carbons (Fsp3) is 0.800. The number of carbonyl (C=O) groups is 1. The Hall–Kier alpha value is -1.06. The third-order valence-electron chi connectivity index (χ3n) is 2.20. The van der Waals surface area contributed by atoms with Crippen LogP contribution in [0.25, 0.3) is 0 Å². The van der Waals surface area contributed by atoms with Crippen molar-refractivity contribution in [1.82, 2.24) is 0 Å². The molecule has 0 spiro atoms. The van der Waals surface area contributed by atoms with Crippen LogP contribution in [0.1, 0.15) is 40.0 Å². The van der Waals surface area contributed by atoms with Crippen LogP contribution < -0.4 is 5.11 Å². The lowest BCUT2D eigenvalue weighted by atomic mass is 9.96. The van der Waals surface area contributed by atoms with Gasteiger partial charge in [0.1, 0.15) is 0 Å². The summed E-state index contributed by atoms with van der Waals surface area (Å²) < 4.78 is 0. The minimum Gasteiger partial charge on any atom is -0.550 e. The first-order valence-electron chi connectivity index (χ1n) is 4.88. The van der Waals surface area contributed by atoms with Gasteiger partial charge in [-0.1, -0.05) is 25.9 Å². The highest BCUT2D eigenvalue weighted by Crippen LogP contribution is 2.13. The molecule has 0 saturated heterocycles. The molecule has 0 aromatic rings. The summed E-state index contributed by atoms with van der Waals surface area (Å²) in [5.41, 5.74) is 0.718. The molecule has 0 aliphatic heterocycles. The van der Waals surface area contributed by atoms with E-state index in [1.54, 1.807) is 0 Å². The summed E-state index contributed by atoms with van der Waals surface area (Å²) in [6, 6.07) is 0. The highest BCUT2D eigenvalue weighted by Gasteiger charge is 2.09. The standard InChI is InChI=1S/C10H19NO3/c1-7(2)9(11-14)5-4-8(3)6-10(12)13/h7-8,14H,4-6H2,1-3H3,(H,12,13)/p-1/b11-9+/t8-/m0/s1. The zero-order valence-electron chi connectivity index (χ0n) is 8.99. The average molecular weight is 200 g/mol. The van der Waals surface area contributed by atoms with Gasteiger partial charge in [-0.25, -0.2) is 0 Å². The molecule has 0 bridgehead atoms. The molecule has 4 heteroatoms. The van der Waals surface area contributed by atoms with Gasteiger partial charge >= 0.3 is 0 Å². The number of hydrogen-bond donors (Lipinski definition) is 1. The van der Waals surface area contributed by atoms with Crippen LogP contribution in [0, 0.1) is 11.8 Å². The Morgan fingerprint density at radius 3 is 2.36 bits per heavy atom. The lowest BCUT2D eigenvalue weighted by Gasteiger charge is -2.13. The van der Waals surface area contributed by atoms with Crippen LogP contribution >= 0.6 is 0 Å². The predicted molar refractivity (Wildman–Crippen MR) is 52.1 cm³/mol. The highest BCUT2D eigenvalue weighted by atomic mass is 16.4. The number of aliphatic carboxylic acids is 1. The van der Waals surface area contributed by atoms with Crippen molar-refractivity contribution in [1.29, 1.82) is 0 Å². The summed E-state index contributed by atoms with van der Waals surface area (Å²) in [4.78, 5) is 10.3. The van der Waals surface area contributed by atoms with Gasteiger partial charge in [0.15, 0.2) is 0 Å². The first-order chi connectivity index (χ1) is 6.47. The SMILES string of the molecule is CC(C)/C(CC[C@H](C)CC(=O)[O-])=N/O. The fourth-order valence-corrected chi connectivity index (χ4v) is 1.24. The third kappa shape index (κ3) is 5.56. The van der Waals surface area contributed by atoms with E-state index >= 15 is 0 Å². The number of hydrogen-bond acceptors (Lipinski definition) is 4. The quantitative estimate of drug-likeness (QED) is 0.395. The van der Waals surface area contributed by atoms with E-state index in [1.807, 2.05) is 20.8 Å². The Kier molecular flexibility index (Phi) is 5.92. The van der Waals surface area contributed by atoms with E-state index in [4.69, 9.17) is 5.21 Å². The van der Waals surface area contributed by atoms with E-state index in [-0.39, 0.29) is 18.3 Å². The molecule has 0 heterocycles. The van der Waals surface area contributed by atoms with E-state index in [0.29, 0.717) is 12.8 Å². The molecule has 0 fully saturated rings. The van der Waals surface area contributed by atoms with Gasteiger partial charge < -0.3 is 15.1 Å². The summed E-state index contributed by atoms with van der Waals surface area (Å²) in [7, 11) is 0. The van der Waals surface area contributed by atoms with Crippen LogP contribution in [-0.2, 0) is 4.79 Å². The second-order valence-electron chi connectivity index (χ2n) is 3.97. The van der Waals surface area contributed by atoms with E-state index in [1.165, 1.54) is 0 Å². The molecule has 0 rings (SSSR count). The largest absolute Gasteiger partial charge is 0.550 e. The molecule has 0 radical (unpaired) electrons. The zero-order valence-corrected chi connectivity index (χ0v) is 8.99. The zero-order chi connectivity index (χ0) is 11.1. The molecule has 0 aromatic heterocycles. The number of oxime groups is 1. The number of carboxylic acids is 1. The summed E-state index contributed by atoms with van der Waals surface area (Å²) in [6.07, 6.45) is 1.42. The molecular formula is C10H18NO3-. The second kappa shape index (κ2) is 6.40. The van der Waals surface area contributed by atoms with Gasteiger partial charge in [-0.3, -0.25) is 0 Å². The topological polar surface area (TPSA) is 72.7 Å². The maximum atomic E-state index is 10.3. The molecule has 14 heavy (non-hydrogen) atoms. The van der Waals surface area contributed by atoms with Crippen LogP contribution in [-0.4, -0.2) is 16.9 Å². The van der Waals surface area contributed by atoms with Crippen LogP contribution in [0.2, 0.25) is 0 Å². The molecule has 0 saturated carbocycles. The van der Waals surface area contributed by atoms with Gasteiger partial charge in [0, 0.05) is 5.97 Å². The minimum atomic E-state index is -1.02. The monoisotopic (exact) mass is 200 g/mol. The van der Waals surface area contributed by atoms with Gasteiger partial charge in [-0.2, -0.15) is 0 Å². The van der Waals surface area contributed by atoms with Crippen molar-refractivity contribution in [3.05, 3.63) is 0 Å². The number of nitrogens with zero attached hydrogens (tertiary/aromatic N) is 1. The smallest absolute Gasteiger partial charge is 0.0596 e. The lowest BCUT2D eigenvalue weighted by molar-refractivity contribution is -0.306. The van der Waals surface area contributed by atoms with Gasteiger partial charge in [0.2, 0.25) is 0 Å². The van der Waals surface area contributed by atoms with Crippen LogP contribution in [0.15, 0.2) is 5.16 Å². The Morgan fingerprint density at radius 1 is 1.43 bits per heavy atom. The van der Waals surface area contributed by atoms with Crippen molar-refractivity contribution >= 4 is 11.7 Å². The maximum absolute atomic E-state index is 10.3. The Bertz CT molecular complexity index is 211. The average Bonchev–Trinajstić information content (AvgIpc) is 2.03. The Balaban J connectivity index is 3.86. The van der Waals surface area contributed by atoms with Crippen molar-refractivity contribution in [2.24, 2.45) is 17.0 Å². The molecule has 0 aromatic carbocycles. The summed E-state index contributed by atoms with van der Waals surface area (Å²) >= 11 is 0. The fourth-order valence-electron chi connectivity index (χ4n) is 1.24. The lowest BCUT2D eigenvalue weighted by Crippen LogP contribution is -2.24. The van der Waals surface area contributed by atoms with Crippen LogP contribution in [0.4, 0.5) is 0 Å². The Labute approximate surface area is 84.6 Å². The second-order valence-corrected chi connectivity index (χ2v) is 3.97. The molecule has 0 unspecified atom stereocenters. The molecule has 1 N–H and O–H groups in total. The molecule has 0 amide bonds. The summed E-state index contributed by atoms with van der Waals surface area (Å²) in [5.74, 6) is -0.754. The molecule has 0 aliphatic carbocycles. The summed E-state index contributed by atoms with van der Waals surface area (Å²) in [6.45, 7) is 5.74. The first-order valence-corrected chi connectivity index (χ1v) is 4.88. The van der Waals surface area contributed by atoms with E-state index in [0.717, 1.165) is 5.71 Å². The first kappa shape index (κ1) is 12.9. The number of rotatable bonds is 6. The number of carboxylic acid groups (broad SMARTS) is 1. The molecule has 1 atom stereocenters. The molecule has 0 aliphatic rings. The minimum absolute atomic E-state index is 0.0653. The highest BCUT2D eigenvalue weighted by molar-refractivity contribution is 5.85. The van der Waals surface area contributed by atoms with Crippen LogP contribution in [0.5, 0.6) is 0 Å². The maximum Gasteiger partial charge on any atom is 0.0596 e. The summed E-state index contributed by atoms with van der Waals surface area (Å²) in [5, 5.41) is 22.1. The van der Waals surface area contributed by atoms with Crippen molar-refractivity contribution in [3.63, 3.8) is 0 Å². The third-order valence-corrected chi connectivity index (χ3v) is 2.20. The van der Waals surface area contributed by atoms with Gasteiger partial charge in [0.05, 0.1) is 5.71 Å². The van der Waals surface area contributed by atoms with Crippen molar-refractivity contribution in [3.8, 4) is 0 Å². The van der Waals surface area contributed by atoms with Crippen molar-refractivity contribution in [2.45, 2.75) is 40.0 Å². The van der Waals surface area contributed by atoms with Gasteiger partial charge in [-0.05, 0) is 31.1 Å². The van der Waals surface area contributed by atoms with Gasteiger partial charge in [0.25, 0.3) is 0 Å². The molecule has 4 nitrogen and oxygen atoms in total. The van der Waals surface area contributed by atoms with Crippen molar-refractivity contribution in [2.75, 3.05) is 0 Å². The normalized spacial score (nSPS) is 14.4. The van der Waals surface area contributed by atoms with Crippen LogP contribution in [0.3, 0.4) is 0 Å². The van der Waals surface area contributed by atoms with E-state index < -0.39 is 5.97 Å². The van der Waals surface area contributed by atoms with Gasteiger partial charge in [-0.15, -0.1) is 0 Å². The van der Waals surface area contributed by atoms with Crippen molar-refractivity contribution < 1.29 is 15.1 Å². The Morgan fingerprint density at radius 2 is 2.00 bits per heavy atom. The number of carbonyl (C=O) groups excluding carboxylic acids is 1. The predicted octanol–water partition coefficient (Wildman–Crippen LogP) is 1.03. The van der Waals surface area contributed by atoms with E-state index in [9.17, 15) is 9.90 Å². The molecule has 82 valence electrons.